The average Bonchev–Trinajstić information content (AvgIpc) is 2.73. The number of urea groups is 1. The van der Waals surface area contributed by atoms with E-state index < -0.39 is 29.2 Å². The van der Waals surface area contributed by atoms with E-state index in [2.05, 4.69) is 12.2 Å². The molecule has 0 spiro atoms. The number of nitrogens with one attached hydrogen (secondary N) is 1. The molecule has 0 radical (unpaired) electrons. The maximum absolute atomic E-state index is 13.9. The first-order valence-corrected chi connectivity index (χ1v) is 10.6. The predicted molar refractivity (Wildman–Crippen MR) is 119 cm³/mol. The number of rotatable bonds is 11. The Labute approximate surface area is 187 Å². The van der Waals surface area contributed by atoms with E-state index in [1.807, 2.05) is 12.1 Å². The van der Waals surface area contributed by atoms with Crippen LogP contribution in [0.25, 0.3) is 0 Å². The summed E-state index contributed by atoms with van der Waals surface area (Å²) in [7, 11) is 0. The molecule has 0 fully saturated rings. The monoisotopic (exact) mass is 448 g/mol. The van der Waals surface area contributed by atoms with Crippen LogP contribution in [-0.4, -0.2) is 40.7 Å². The van der Waals surface area contributed by atoms with Crippen molar-refractivity contribution in [2.24, 2.45) is 0 Å². The van der Waals surface area contributed by atoms with Gasteiger partial charge >= 0.3 is 12.0 Å². The number of halogens is 2. The summed E-state index contributed by atoms with van der Waals surface area (Å²) in [6, 6.07) is 9.58. The van der Waals surface area contributed by atoms with Gasteiger partial charge in [0.15, 0.2) is 5.60 Å². The van der Waals surface area contributed by atoms with Crippen LogP contribution in [0.4, 0.5) is 19.3 Å². The smallest absolute Gasteiger partial charge is 0.347 e. The summed E-state index contributed by atoms with van der Waals surface area (Å²) in [6.45, 7) is 5.92. The normalized spacial score (nSPS) is 11.2. The van der Waals surface area contributed by atoms with Gasteiger partial charge in [0.2, 0.25) is 0 Å². The molecule has 32 heavy (non-hydrogen) atoms. The number of carboxylic acid groups (broad SMARTS) is 1. The van der Waals surface area contributed by atoms with Crippen LogP contribution in [0.5, 0.6) is 5.75 Å². The molecule has 0 heterocycles. The van der Waals surface area contributed by atoms with Gasteiger partial charge in [0.05, 0.1) is 5.69 Å². The highest BCUT2D eigenvalue weighted by Gasteiger charge is 2.29. The Morgan fingerprint density at radius 3 is 2.34 bits per heavy atom. The van der Waals surface area contributed by atoms with Crippen molar-refractivity contribution in [3.8, 4) is 5.75 Å². The Hall–Kier alpha value is -3.16. The molecule has 2 rings (SSSR count). The molecule has 0 saturated heterocycles. The number of carbonyl (C=O) groups excluding carboxylic acids is 1. The number of hydrogen-bond acceptors (Lipinski definition) is 3. The van der Waals surface area contributed by atoms with Gasteiger partial charge in [0.25, 0.3) is 0 Å². The van der Waals surface area contributed by atoms with Crippen LogP contribution in [0.2, 0.25) is 0 Å². The minimum atomic E-state index is -1.34. The van der Waals surface area contributed by atoms with Crippen molar-refractivity contribution >= 4 is 17.7 Å². The molecule has 8 heteroatoms. The Balaban J connectivity index is 2.01. The average molecular weight is 449 g/mol. The highest BCUT2D eigenvalue weighted by Crippen LogP contribution is 2.20. The van der Waals surface area contributed by atoms with Gasteiger partial charge in [0.1, 0.15) is 17.4 Å². The number of unbranched alkanes of at least 4 members (excludes halogenated alkanes) is 2. The topological polar surface area (TPSA) is 78.9 Å². The lowest BCUT2D eigenvalue weighted by Gasteiger charge is -2.24. The van der Waals surface area contributed by atoms with Crippen LogP contribution in [0.1, 0.15) is 45.6 Å². The third-order valence-corrected chi connectivity index (χ3v) is 4.97. The first-order valence-electron chi connectivity index (χ1n) is 10.6. The van der Waals surface area contributed by atoms with E-state index in [0.717, 1.165) is 37.0 Å². The van der Waals surface area contributed by atoms with Crippen LogP contribution in [0.15, 0.2) is 42.5 Å². The molecular formula is C24H30F2N2O4. The van der Waals surface area contributed by atoms with Gasteiger partial charge in [-0.3, -0.25) is 0 Å². The summed E-state index contributed by atoms with van der Waals surface area (Å²) >= 11 is 0. The Kier molecular flexibility index (Phi) is 8.99. The van der Waals surface area contributed by atoms with Gasteiger partial charge in [0, 0.05) is 19.2 Å². The predicted octanol–water partition coefficient (Wildman–Crippen LogP) is 5.47. The summed E-state index contributed by atoms with van der Waals surface area (Å²) in [5.74, 6) is -2.16. The van der Waals surface area contributed by atoms with Gasteiger partial charge in [-0.05, 0) is 56.5 Å². The second kappa shape index (κ2) is 11.5. The van der Waals surface area contributed by atoms with Gasteiger partial charge in [-0.15, -0.1) is 0 Å². The number of ether oxygens (including phenoxy) is 1. The molecular weight excluding hydrogens is 418 g/mol. The molecule has 0 aliphatic carbocycles. The van der Waals surface area contributed by atoms with Crippen molar-refractivity contribution in [2.75, 3.05) is 18.4 Å². The number of aliphatic carboxylic acids is 1. The number of anilines is 1. The second-order valence-electron chi connectivity index (χ2n) is 8.06. The van der Waals surface area contributed by atoms with Crippen LogP contribution in [0, 0.1) is 11.6 Å². The van der Waals surface area contributed by atoms with Crippen molar-refractivity contribution < 1.29 is 28.2 Å². The first-order chi connectivity index (χ1) is 15.1. The number of benzene rings is 2. The molecule has 0 bridgehead atoms. The Bertz CT molecular complexity index is 917. The second-order valence-corrected chi connectivity index (χ2v) is 8.06. The zero-order chi connectivity index (χ0) is 23.7. The largest absolute Gasteiger partial charge is 0.478 e. The van der Waals surface area contributed by atoms with Gasteiger partial charge in [-0.25, -0.2) is 18.4 Å². The molecule has 0 aliphatic heterocycles. The fourth-order valence-corrected chi connectivity index (χ4v) is 2.98. The van der Waals surface area contributed by atoms with E-state index in [9.17, 15) is 18.4 Å². The van der Waals surface area contributed by atoms with Crippen molar-refractivity contribution in [1.29, 1.82) is 0 Å². The Morgan fingerprint density at radius 2 is 1.75 bits per heavy atom. The summed E-state index contributed by atoms with van der Waals surface area (Å²) in [4.78, 5) is 25.5. The molecule has 0 saturated carbocycles. The van der Waals surface area contributed by atoms with E-state index >= 15 is 0 Å². The molecule has 2 N–H and O–H groups in total. The minimum Gasteiger partial charge on any atom is -0.478 e. The summed E-state index contributed by atoms with van der Waals surface area (Å²) in [5, 5.41) is 11.7. The summed E-state index contributed by atoms with van der Waals surface area (Å²) in [5.41, 5.74) is -0.475. The molecule has 174 valence electrons. The van der Waals surface area contributed by atoms with Gasteiger partial charge in [-0.2, -0.15) is 0 Å². The van der Waals surface area contributed by atoms with Gasteiger partial charge in [-0.1, -0.05) is 31.9 Å². The van der Waals surface area contributed by atoms with E-state index in [4.69, 9.17) is 9.84 Å². The number of hydrogen-bond donors (Lipinski definition) is 2. The standard InChI is InChI=1S/C24H30F2N2O4/c1-4-5-6-14-28(23(31)27-21-12-9-18(25)16-20(21)26)15-13-17-7-10-19(11-8-17)32-24(2,3)22(29)30/h7-12,16H,4-6,13-15H2,1-3H3,(H,27,31)(H,29,30). The molecule has 6 nitrogen and oxygen atoms in total. The third-order valence-electron chi connectivity index (χ3n) is 4.97. The maximum atomic E-state index is 13.9. The van der Waals surface area contributed by atoms with Crippen LogP contribution in [-0.2, 0) is 11.2 Å². The van der Waals surface area contributed by atoms with Crippen molar-refractivity contribution in [2.45, 2.75) is 52.1 Å². The zero-order valence-electron chi connectivity index (χ0n) is 18.7. The lowest BCUT2D eigenvalue weighted by atomic mass is 10.1. The lowest BCUT2D eigenvalue weighted by molar-refractivity contribution is -0.152. The molecule has 2 amide bonds. The van der Waals surface area contributed by atoms with Crippen molar-refractivity contribution in [3.05, 3.63) is 59.7 Å². The Morgan fingerprint density at radius 1 is 1.06 bits per heavy atom. The molecule has 0 aliphatic rings. The SMILES string of the molecule is CCCCCN(CCc1ccc(OC(C)(C)C(=O)O)cc1)C(=O)Nc1ccc(F)cc1F. The highest BCUT2D eigenvalue weighted by atomic mass is 19.1. The van der Waals surface area contributed by atoms with Crippen LogP contribution >= 0.6 is 0 Å². The maximum Gasteiger partial charge on any atom is 0.347 e. The van der Waals surface area contributed by atoms with E-state index in [1.54, 1.807) is 17.0 Å². The molecule has 0 aromatic heterocycles. The summed E-state index contributed by atoms with van der Waals surface area (Å²) in [6.07, 6.45) is 3.32. The molecule has 2 aromatic rings. The fraction of sp³-hybridized carbons (Fsp3) is 0.417. The quantitative estimate of drug-likeness (QED) is 0.447. The zero-order valence-corrected chi connectivity index (χ0v) is 18.7. The van der Waals surface area contributed by atoms with E-state index in [0.29, 0.717) is 25.3 Å². The number of nitrogens with zero attached hydrogens (tertiary/aromatic N) is 1. The van der Waals surface area contributed by atoms with Crippen molar-refractivity contribution in [3.63, 3.8) is 0 Å². The molecule has 0 unspecified atom stereocenters. The summed E-state index contributed by atoms with van der Waals surface area (Å²) < 4.78 is 32.5. The van der Waals surface area contributed by atoms with Crippen molar-refractivity contribution in [1.82, 2.24) is 4.90 Å². The molecule has 0 atom stereocenters. The van der Waals surface area contributed by atoms with E-state index in [1.165, 1.54) is 19.9 Å². The number of carbonyl (C=O) groups is 2. The minimum absolute atomic E-state index is 0.0700. The first kappa shape index (κ1) is 25.1. The van der Waals surface area contributed by atoms with Gasteiger partial charge < -0.3 is 20.1 Å². The lowest BCUT2D eigenvalue weighted by Crippen LogP contribution is -2.38. The number of carboxylic acids is 1. The highest BCUT2D eigenvalue weighted by molar-refractivity contribution is 5.89. The fourth-order valence-electron chi connectivity index (χ4n) is 2.98. The van der Waals surface area contributed by atoms with Crippen LogP contribution in [0.3, 0.4) is 0 Å². The molecule has 2 aromatic carbocycles. The third kappa shape index (κ3) is 7.51. The van der Waals surface area contributed by atoms with Crippen LogP contribution < -0.4 is 10.1 Å². The van der Waals surface area contributed by atoms with E-state index in [-0.39, 0.29) is 5.69 Å². The number of amides is 2.